The van der Waals surface area contributed by atoms with Crippen LogP contribution in [0.25, 0.3) is 49.4 Å². The maximum Gasteiger partial charge on any atom is 0.159 e. The monoisotopic (exact) mass is 566 g/mol. The molecule has 208 valence electrons. The molecule has 1 aliphatic heterocycles. The van der Waals surface area contributed by atoms with Gasteiger partial charge in [-0.05, 0) is 71.8 Å². The molecule has 0 amide bonds. The van der Waals surface area contributed by atoms with Crippen LogP contribution in [0, 0.1) is 11.3 Å². The van der Waals surface area contributed by atoms with E-state index in [0.29, 0.717) is 5.56 Å². The molecule has 0 saturated carbocycles. The minimum absolute atomic E-state index is 0.114. The summed E-state index contributed by atoms with van der Waals surface area (Å²) in [5, 5.41) is 13.7. The number of nitrogens with zero attached hydrogens (tertiary/aromatic N) is 4. The van der Waals surface area contributed by atoms with Crippen LogP contribution in [-0.4, -0.2) is 9.55 Å². The van der Waals surface area contributed by atoms with Crippen molar-refractivity contribution in [3.63, 3.8) is 0 Å². The van der Waals surface area contributed by atoms with E-state index in [1.165, 1.54) is 22.5 Å². The first kappa shape index (κ1) is 24.7. The van der Waals surface area contributed by atoms with Gasteiger partial charge in [-0.1, -0.05) is 62.4 Å². The van der Waals surface area contributed by atoms with E-state index in [4.69, 9.17) is 4.42 Å². The Kier molecular flexibility index (Phi) is 4.96. The highest BCUT2D eigenvalue weighted by Crippen LogP contribution is 2.52. The number of hydrogen-bond donors (Lipinski definition) is 0. The molecule has 0 atom stereocenters. The van der Waals surface area contributed by atoms with Gasteiger partial charge < -0.3 is 13.9 Å². The standard InChI is InChI=1S/C39H26N4O/c1-39(2)30-9-3-5-11-34(30)42(35-12-6-4-10-31(35)39)25-15-17-37-28(21-25)26-8-7-13-36(38(26)44-37)43-32-16-14-24(22-40)20-27(32)29-23-41-19-18-33(29)43/h3-21,23H,1-2H3. The van der Waals surface area contributed by atoms with Crippen molar-refractivity contribution in [1.82, 2.24) is 9.55 Å². The lowest BCUT2D eigenvalue weighted by atomic mass is 9.73. The Hall–Kier alpha value is -5.86. The first-order valence-electron chi connectivity index (χ1n) is 14.8. The summed E-state index contributed by atoms with van der Waals surface area (Å²) in [5.74, 6) is 0. The normalized spacial score (nSPS) is 13.8. The zero-order chi connectivity index (χ0) is 29.6. The van der Waals surface area contributed by atoms with E-state index in [1.807, 2.05) is 36.7 Å². The summed E-state index contributed by atoms with van der Waals surface area (Å²) in [5.41, 5.74) is 11.2. The summed E-state index contributed by atoms with van der Waals surface area (Å²) in [6, 6.07) is 40.4. The van der Waals surface area contributed by atoms with Gasteiger partial charge in [0, 0.05) is 45.0 Å². The van der Waals surface area contributed by atoms with Gasteiger partial charge in [0.15, 0.2) is 5.58 Å². The number of nitriles is 1. The van der Waals surface area contributed by atoms with Gasteiger partial charge in [0.25, 0.3) is 0 Å². The number of furan rings is 1. The smallest absolute Gasteiger partial charge is 0.159 e. The number of fused-ring (bicyclic) bond motifs is 8. The van der Waals surface area contributed by atoms with Crippen LogP contribution in [0.3, 0.4) is 0 Å². The van der Waals surface area contributed by atoms with Crippen LogP contribution < -0.4 is 4.90 Å². The summed E-state index contributed by atoms with van der Waals surface area (Å²) in [6.45, 7) is 4.62. The maximum absolute atomic E-state index is 9.57. The van der Waals surface area contributed by atoms with Crippen molar-refractivity contribution in [3.8, 4) is 11.8 Å². The molecule has 0 fully saturated rings. The lowest BCUT2D eigenvalue weighted by molar-refractivity contribution is 0.632. The van der Waals surface area contributed by atoms with E-state index in [0.717, 1.165) is 55.1 Å². The highest BCUT2D eigenvalue weighted by atomic mass is 16.3. The number of aromatic nitrogens is 2. The van der Waals surface area contributed by atoms with Crippen molar-refractivity contribution in [3.05, 3.63) is 138 Å². The van der Waals surface area contributed by atoms with E-state index in [-0.39, 0.29) is 5.41 Å². The minimum atomic E-state index is -0.114. The largest absolute Gasteiger partial charge is 0.454 e. The van der Waals surface area contributed by atoms with Gasteiger partial charge in [0.05, 0.1) is 39.7 Å². The average Bonchev–Trinajstić information content (AvgIpc) is 3.60. The number of rotatable bonds is 2. The van der Waals surface area contributed by atoms with Gasteiger partial charge in [-0.2, -0.15) is 5.26 Å². The molecule has 0 aliphatic carbocycles. The number of anilines is 3. The fourth-order valence-corrected chi connectivity index (χ4v) is 7.23. The van der Waals surface area contributed by atoms with Crippen LogP contribution >= 0.6 is 0 Å². The van der Waals surface area contributed by atoms with E-state index >= 15 is 0 Å². The molecular formula is C39H26N4O. The predicted octanol–water partition coefficient (Wildman–Crippen LogP) is 10.1. The fraction of sp³-hybridized carbons (Fsp3) is 0.0769. The number of benzene rings is 5. The molecule has 0 radical (unpaired) electrons. The molecule has 0 bridgehead atoms. The average molecular weight is 567 g/mol. The molecular weight excluding hydrogens is 540 g/mol. The molecule has 5 heteroatoms. The Morgan fingerprint density at radius 1 is 0.682 bits per heavy atom. The van der Waals surface area contributed by atoms with Crippen molar-refractivity contribution in [2.75, 3.05) is 4.90 Å². The van der Waals surface area contributed by atoms with Crippen LogP contribution in [0.4, 0.5) is 17.1 Å². The zero-order valence-corrected chi connectivity index (χ0v) is 24.2. The van der Waals surface area contributed by atoms with E-state index < -0.39 is 0 Å². The van der Waals surface area contributed by atoms with E-state index in [2.05, 4.69) is 119 Å². The van der Waals surface area contributed by atoms with Gasteiger partial charge >= 0.3 is 0 Å². The van der Waals surface area contributed by atoms with Crippen LogP contribution in [0.15, 0.2) is 126 Å². The van der Waals surface area contributed by atoms with Crippen molar-refractivity contribution in [1.29, 1.82) is 5.26 Å². The summed E-state index contributed by atoms with van der Waals surface area (Å²) in [7, 11) is 0. The second-order valence-electron chi connectivity index (χ2n) is 12.0. The van der Waals surface area contributed by atoms with Gasteiger partial charge in [0.2, 0.25) is 0 Å². The number of para-hydroxylation sites is 3. The first-order valence-corrected chi connectivity index (χ1v) is 14.8. The zero-order valence-electron chi connectivity index (χ0n) is 24.2. The van der Waals surface area contributed by atoms with E-state index in [1.54, 1.807) is 0 Å². The van der Waals surface area contributed by atoms with Crippen LogP contribution in [-0.2, 0) is 5.41 Å². The highest BCUT2D eigenvalue weighted by molar-refractivity contribution is 6.13. The molecule has 0 unspecified atom stereocenters. The number of hydrogen-bond acceptors (Lipinski definition) is 4. The fourth-order valence-electron chi connectivity index (χ4n) is 7.23. The van der Waals surface area contributed by atoms with Crippen molar-refractivity contribution >= 4 is 60.8 Å². The SMILES string of the molecule is CC1(C)c2ccccc2N(c2ccc3oc4c(-n5c6ccncc6c6cc(C#N)ccc65)cccc4c3c2)c2ccccc21. The molecule has 4 heterocycles. The molecule has 5 nitrogen and oxygen atoms in total. The van der Waals surface area contributed by atoms with Crippen LogP contribution in [0.1, 0.15) is 30.5 Å². The molecule has 5 aromatic carbocycles. The minimum Gasteiger partial charge on any atom is -0.454 e. The van der Waals surface area contributed by atoms with Gasteiger partial charge in [-0.25, -0.2) is 0 Å². The van der Waals surface area contributed by atoms with Crippen molar-refractivity contribution in [2.45, 2.75) is 19.3 Å². The molecule has 0 saturated heterocycles. The van der Waals surface area contributed by atoms with E-state index in [9.17, 15) is 5.26 Å². The third-order valence-electron chi connectivity index (χ3n) is 9.29. The lowest BCUT2D eigenvalue weighted by Crippen LogP contribution is -2.30. The Balaban J connectivity index is 1.29. The molecule has 0 spiro atoms. The Morgan fingerprint density at radius 3 is 2.18 bits per heavy atom. The predicted molar refractivity (Wildman–Crippen MR) is 177 cm³/mol. The molecule has 9 rings (SSSR count). The molecule has 3 aromatic heterocycles. The lowest BCUT2D eigenvalue weighted by Gasteiger charge is -2.42. The summed E-state index contributed by atoms with van der Waals surface area (Å²) in [6.07, 6.45) is 3.68. The summed E-state index contributed by atoms with van der Waals surface area (Å²) >= 11 is 0. The summed E-state index contributed by atoms with van der Waals surface area (Å²) in [4.78, 5) is 6.77. The van der Waals surface area contributed by atoms with Crippen molar-refractivity contribution < 1.29 is 4.42 Å². The third-order valence-corrected chi connectivity index (χ3v) is 9.29. The molecule has 44 heavy (non-hydrogen) atoms. The highest BCUT2D eigenvalue weighted by Gasteiger charge is 2.36. The molecule has 1 aliphatic rings. The van der Waals surface area contributed by atoms with Gasteiger partial charge in [0.1, 0.15) is 5.58 Å². The maximum atomic E-state index is 9.57. The van der Waals surface area contributed by atoms with Gasteiger partial charge in [-0.15, -0.1) is 0 Å². The van der Waals surface area contributed by atoms with Gasteiger partial charge in [-0.3, -0.25) is 4.98 Å². The van der Waals surface area contributed by atoms with Crippen molar-refractivity contribution in [2.24, 2.45) is 0 Å². The molecule has 8 aromatic rings. The quantitative estimate of drug-likeness (QED) is 0.209. The first-order chi connectivity index (χ1) is 21.5. The Morgan fingerprint density at radius 2 is 1.41 bits per heavy atom. The second kappa shape index (κ2) is 8.82. The Bertz CT molecular complexity index is 2460. The van der Waals surface area contributed by atoms with Crippen LogP contribution in [0.2, 0.25) is 0 Å². The van der Waals surface area contributed by atoms with Crippen LogP contribution in [0.5, 0.6) is 0 Å². The number of pyridine rings is 1. The molecule has 0 N–H and O–H groups in total. The third kappa shape index (κ3) is 3.25. The Labute approximate surface area is 253 Å². The summed E-state index contributed by atoms with van der Waals surface area (Å²) < 4.78 is 8.88. The second-order valence-corrected chi connectivity index (χ2v) is 12.0. The topological polar surface area (TPSA) is 58.0 Å².